The van der Waals surface area contributed by atoms with E-state index in [0.717, 1.165) is 29.7 Å². The molecule has 0 saturated heterocycles. The number of carboxylic acids is 1. The van der Waals surface area contributed by atoms with Crippen LogP contribution in [0.5, 0.6) is 0 Å². The number of nitrogens with zero attached hydrogens (tertiary/aromatic N) is 3. The van der Waals surface area contributed by atoms with Crippen molar-refractivity contribution in [1.82, 2.24) is 9.78 Å². The zero-order valence-corrected chi connectivity index (χ0v) is 12.6. The molecule has 1 aromatic rings. The van der Waals surface area contributed by atoms with Gasteiger partial charge in [-0.25, -0.2) is 4.79 Å². The molecule has 0 aromatic carbocycles. The second-order valence-electron chi connectivity index (χ2n) is 6.03. The lowest BCUT2D eigenvalue weighted by atomic mass is 9.96. The zero-order valence-electron chi connectivity index (χ0n) is 12.6. The van der Waals surface area contributed by atoms with Crippen LogP contribution in [0.2, 0.25) is 0 Å². The summed E-state index contributed by atoms with van der Waals surface area (Å²) in [6.07, 6.45) is 2.76. The van der Waals surface area contributed by atoms with Gasteiger partial charge in [0.15, 0.2) is 0 Å². The van der Waals surface area contributed by atoms with Gasteiger partial charge in [0.1, 0.15) is 5.82 Å². The Kier molecular flexibility index (Phi) is 4.39. The standard InChI is InChI=1S/C14H23N3O2/c1-10-11(7-8-12(18)19)13(17(6)15-10)16(5)9-14(2,3)4/h7-8H,9H2,1-6H3,(H,18,19). The van der Waals surface area contributed by atoms with E-state index in [-0.39, 0.29) is 5.41 Å². The molecule has 0 radical (unpaired) electrons. The van der Waals surface area contributed by atoms with Crippen molar-refractivity contribution in [3.8, 4) is 0 Å². The van der Waals surface area contributed by atoms with Crippen molar-refractivity contribution in [3.05, 3.63) is 17.3 Å². The lowest BCUT2D eigenvalue weighted by molar-refractivity contribution is -0.131. The SMILES string of the molecule is Cc1nn(C)c(N(C)CC(C)(C)C)c1C=CC(=O)O. The number of aryl methyl sites for hydroxylation is 2. The molecule has 0 unspecified atom stereocenters. The summed E-state index contributed by atoms with van der Waals surface area (Å²) in [6.45, 7) is 9.24. The Labute approximate surface area is 114 Å². The molecule has 1 N–H and O–H groups in total. The lowest BCUT2D eigenvalue weighted by Crippen LogP contribution is -2.30. The topological polar surface area (TPSA) is 58.4 Å². The molecule has 5 nitrogen and oxygen atoms in total. The Hall–Kier alpha value is -1.78. The van der Waals surface area contributed by atoms with Gasteiger partial charge in [-0.05, 0) is 18.4 Å². The summed E-state index contributed by atoms with van der Waals surface area (Å²) in [5, 5.41) is 13.1. The highest BCUT2D eigenvalue weighted by Gasteiger charge is 2.20. The van der Waals surface area contributed by atoms with Crippen molar-refractivity contribution in [1.29, 1.82) is 0 Å². The Morgan fingerprint density at radius 2 is 2.05 bits per heavy atom. The molecule has 0 aliphatic carbocycles. The third-order valence-corrected chi connectivity index (χ3v) is 2.70. The van der Waals surface area contributed by atoms with Crippen molar-refractivity contribution in [2.75, 3.05) is 18.5 Å². The molecule has 1 heterocycles. The van der Waals surface area contributed by atoms with E-state index in [1.165, 1.54) is 0 Å². The number of aliphatic carboxylic acids is 1. The maximum atomic E-state index is 10.7. The van der Waals surface area contributed by atoms with Crippen LogP contribution >= 0.6 is 0 Å². The number of carboxylic acid groups (broad SMARTS) is 1. The average Bonchev–Trinajstić information content (AvgIpc) is 2.47. The largest absolute Gasteiger partial charge is 0.478 e. The lowest BCUT2D eigenvalue weighted by Gasteiger charge is -2.28. The van der Waals surface area contributed by atoms with Gasteiger partial charge >= 0.3 is 5.97 Å². The van der Waals surface area contributed by atoms with Crippen LogP contribution < -0.4 is 4.90 Å². The molecule has 5 heteroatoms. The van der Waals surface area contributed by atoms with Crippen LogP contribution in [0.3, 0.4) is 0 Å². The zero-order chi connectivity index (χ0) is 14.8. The van der Waals surface area contributed by atoms with Gasteiger partial charge in [-0.1, -0.05) is 20.8 Å². The van der Waals surface area contributed by atoms with Crippen LogP contribution in [0.25, 0.3) is 6.08 Å². The quantitative estimate of drug-likeness (QED) is 0.849. The van der Waals surface area contributed by atoms with E-state index in [4.69, 9.17) is 5.11 Å². The van der Waals surface area contributed by atoms with Gasteiger partial charge < -0.3 is 10.0 Å². The summed E-state index contributed by atoms with van der Waals surface area (Å²) >= 11 is 0. The molecule has 0 saturated carbocycles. The van der Waals surface area contributed by atoms with E-state index in [1.54, 1.807) is 10.8 Å². The average molecular weight is 265 g/mol. The van der Waals surface area contributed by atoms with E-state index in [9.17, 15) is 4.79 Å². The van der Waals surface area contributed by atoms with Gasteiger partial charge in [-0.15, -0.1) is 0 Å². The maximum absolute atomic E-state index is 10.7. The van der Waals surface area contributed by atoms with Crippen LogP contribution in [0, 0.1) is 12.3 Å². The molecule has 1 aromatic heterocycles. The summed E-state index contributed by atoms with van der Waals surface area (Å²) < 4.78 is 1.79. The summed E-state index contributed by atoms with van der Waals surface area (Å²) in [6, 6.07) is 0. The molecule has 0 fully saturated rings. The molecular formula is C14H23N3O2. The Balaban J connectivity index is 3.15. The van der Waals surface area contributed by atoms with Crippen molar-refractivity contribution < 1.29 is 9.90 Å². The first-order chi connectivity index (χ1) is 8.61. The molecule has 0 bridgehead atoms. The van der Waals surface area contributed by atoms with E-state index in [1.807, 2.05) is 21.0 Å². The van der Waals surface area contributed by atoms with Crippen LogP contribution in [-0.2, 0) is 11.8 Å². The van der Waals surface area contributed by atoms with Crippen molar-refractivity contribution in [2.45, 2.75) is 27.7 Å². The molecular weight excluding hydrogens is 242 g/mol. The highest BCUT2D eigenvalue weighted by Crippen LogP contribution is 2.26. The number of carbonyl (C=O) groups is 1. The summed E-state index contributed by atoms with van der Waals surface area (Å²) in [7, 11) is 3.87. The van der Waals surface area contributed by atoms with E-state index in [2.05, 4.69) is 30.8 Å². The van der Waals surface area contributed by atoms with Gasteiger partial charge in [0.25, 0.3) is 0 Å². The second kappa shape index (κ2) is 5.47. The number of rotatable bonds is 4. The monoisotopic (exact) mass is 265 g/mol. The number of hydrogen-bond donors (Lipinski definition) is 1. The van der Waals surface area contributed by atoms with Crippen LogP contribution in [0.15, 0.2) is 6.08 Å². The normalized spacial score (nSPS) is 12.1. The van der Waals surface area contributed by atoms with Gasteiger partial charge in [0.2, 0.25) is 0 Å². The first kappa shape index (κ1) is 15.3. The smallest absolute Gasteiger partial charge is 0.328 e. The molecule has 0 aliphatic rings. The fourth-order valence-electron chi connectivity index (χ4n) is 2.25. The molecule has 0 spiro atoms. The first-order valence-corrected chi connectivity index (χ1v) is 6.27. The summed E-state index contributed by atoms with van der Waals surface area (Å²) in [5.41, 5.74) is 1.84. The highest BCUT2D eigenvalue weighted by atomic mass is 16.4. The number of anilines is 1. The molecule has 1 rings (SSSR count). The molecule has 0 atom stereocenters. The third-order valence-electron chi connectivity index (χ3n) is 2.70. The van der Waals surface area contributed by atoms with Crippen LogP contribution in [0.4, 0.5) is 5.82 Å². The third kappa shape index (κ3) is 4.12. The van der Waals surface area contributed by atoms with Gasteiger partial charge in [-0.3, -0.25) is 4.68 Å². The van der Waals surface area contributed by atoms with Gasteiger partial charge in [0, 0.05) is 32.3 Å². The predicted molar refractivity (Wildman–Crippen MR) is 77.3 cm³/mol. The van der Waals surface area contributed by atoms with Crippen molar-refractivity contribution in [3.63, 3.8) is 0 Å². The Morgan fingerprint density at radius 1 is 1.47 bits per heavy atom. The van der Waals surface area contributed by atoms with E-state index < -0.39 is 5.97 Å². The van der Waals surface area contributed by atoms with Crippen LogP contribution in [0.1, 0.15) is 32.0 Å². The van der Waals surface area contributed by atoms with E-state index >= 15 is 0 Å². The summed E-state index contributed by atoms with van der Waals surface area (Å²) in [4.78, 5) is 12.8. The fourth-order valence-corrected chi connectivity index (χ4v) is 2.25. The van der Waals surface area contributed by atoms with Gasteiger partial charge in [0.05, 0.1) is 5.69 Å². The van der Waals surface area contributed by atoms with Crippen LogP contribution in [-0.4, -0.2) is 34.4 Å². The number of aromatic nitrogens is 2. The first-order valence-electron chi connectivity index (χ1n) is 6.27. The minimum Gasteiger partial charge on any atom is -0.478 e. The fraction of sp³-hybridized carbons (Fsp3) is 0.571. The minimum atomic E-state index is -0.951. The highest BCUT2D eigenvalue weighted by molar-refractivity contribution is 5.87. The van der Waals surface area contributed by atoms with E-state index in [0.29, 0.717) is 0 Å². The van der Waals surface area contributed by atoms with Crippen molar-refractivity contribution >= 4 is 17.9 Å². The Morgan fingerprint density at radius 3 is 2.53 bits per heavy atom. The predicted octanol–water partition coefficient (Wildman–Crippen LogP) is 2.31. The molecule has 19 heavy (non-hydrogen) atoms. The second-order valence-corrected chi connectivity index (χ2v) is 6.03. The maximum Gasteiger partial charge on any atom is 0.328 e. The molecule has 106 valence electrons. The van der Waals surface area contributed by atoms with Gasteiger partial charge in [-0.2, -0.15) is 5.10 Å². The Bertz CT molecular complexity index is 496. The number of hydrogen-bond acceptors (Lipinski definition) is 3. The molecule has 0 amide bonds. The molecule has 0 aliphatic heterocycles. The minimum absolute atomic E-state index is 0.153. The van der Waals surface area contributed by atoms with Crippen molar-refractivity contribution in [2.24, 2.45) is 12.5 Å². The summed E-state index contributed by atoms with van der Waals surface area (Å²) in [5.74, 6) is -0.0161.